The number of phenolic OH excluding ortho intramolecular Hbond substituents is 1. The number of hydrogen-bond donors (Lipinski definition) is 2. The summed E-state index contributed by atoms with van der Waals surface area (Å²) in [6.07, 6.45) is 0.685. The predicted molar refractivity (Wildman–Crippen MR) is 119 cm³/mol. The highest BCUT2D eigenvalue weighted by molar-refractivity contribution is 6.16. The Morgan fingerprint density at radius 1 is 0.903 bits per heavy atom. The molecular formula is C26H23NO4. The first kappa shape index (κ1) is 20.4. The normalized spacial score (nSPS) is 16.1. The lowest BCUT2D eigenvalue weighted by Gasteiger charge is -2.28. The molecule has 1 heterocycles. The first-order valence-corrected chi connectivity index (χ1v) is 10.2. The second kappa shape index (κ2) is 8.48. The van der Waals surface area contributed by atoms with Crippen molar-refractivity contribution in [2.45, 2.75) is 25.8 Å². The van der Waals surface area contributed by atoms with Gasteiger partial charge in [0.1, 0.15) is 5.75 Å². The number of benzene rings is 3. The number of aliphatic hydroxyl groups is 1. The van der Waals surface area contributed by atoms with E-state index in [0.717, 1.165) is 11.1 Å². The van der Waals surface area contributed by atoms with E-state index < -0.39 is 17.7 Å². The molecular weight excluding hydrogens is 390 g/mol. The average Bonchev–Trinajstić information content (AvgIpc) is 3.04. The van der Waals surface area contributed by atoms with Crippen LogP contribution in [0.2, 0.25) is 0 Å². The van der Waals surface area contributed by atoms with Gasteiger partial charge in [0.2, 0.25) is 0 Å². The Balaban J connectivity index is 1.74. The van der Waals surface area contributed by atoms with Crippen molar-refractivity contribution in [3.05, 3.63) is 107 Å². The van der Waals surface area contributed by atoms with Crippen molar-refractivity contribution in [3.8, 4) is 5.75 Å². The summed E-state index contributed by atoms with van der Waals surface area (Å²) in [5.74, 6) is -1.31. The molecule has 0 bridgehead atoms. The number of hydrogen-bond acceptors (Lipinski definition) is 4. The second-order valence-electron chi connectivity index (χ2n) is 7.63. The third kappa shape index (κ3) is 3.94. The first-order chi connectivity index (χ1) is 15.0. The van der Waals surface area contributed by atoms with E-state index in [1.165, 1.54) is 17.0 Å². The Bertz CT molecular complexity index is 1150. The highest BCUT2D eigenvalue weighted by Gasteiger charge is 2.44. The molecule has 5 nitrogen and oxygen atoms in total. The van der Waals surface area contributed by atoms with Crippen molar-refractivity contribution < 1.29 is 19.8 Å². The van der Waals surface area contributed by atoms with Crippen molar-refractivity contribution >= 4 is 17.4 Å². The predicted octanol–water partition coefficient (Wildman–Crippen LogP) is 4.80. The topological polar surface area (TPSA) is 77.8 Å². The summed E-state index contributed by atoms with van der Waals surface area (Å²) in [6.45, 7) is 1.88. The van der Waals surface area contributed by atoms with E-state index in [-0.39, 0.29) is 23.5 Å². The third-order valence-electron chi connectivity index (χ3n) is 5.58. The fraction of sp³-hybridized carbons (Fsp3) is 0.154. The van der Waals surface area contributed by atoms with Crippen molar-refractivity contribution in [1.82, 2.24) is 0 Å². The second-order valence-corrected chi connectivity index (χ2v) is 7.63. The zero-order valence-corrected chi connectivity index (χ0v) is 17.2. The van der Waals surface area contributed by atoms with Gasteiger partial charge in [-0.05, 0) is 48.2 Å². The molecule has 0 saturated carbocycles. The number of Topliss-reactive ketones (excluding diaryl/α,β-unsaturated/α-hetero) is 1. The highest BCUT2D eigenvalue weighted by atomic mass is 16.3. The van der Waals surface area contributed by atoms with Crippen LogP contribution in [-0.4, -0.2) is 21.9 Å². The Morgan fingerprint density at radius 2 is 1.55 bits per heavy atom. The lowest BCUT2D eigenvalue weighted by atomic mass is 9.92. The zero-order chi connectivity index (χ0) is 22.0. The van der Waals surface area contributed by atoms with Crippen LogP contribution in [0.5, 0.6) is 5.75 Å². The van der Waals surface area contributed by atoms with Crippen LogP contribution in [0.1, 0.15) is 29.2 Å². The zero-order valence-electron chi connectivity index (χ0n) is 17.2. The lowest BCUT2D eigenvalue weighted by Crippen LogP contribution is -2.31. The Labute approximate surface area is 180 Å². The molecule has 1 aliphatic rings. The lowest BCUT2D eigenvalue weighted by molar-refractivity contribution is -0.118. The molecule has 1 aliphatic heterocycles. The van der Waals surface area contributed by atoms with Gasteiger partial charge in [-0.2, -0.15) is 0 Å². The van der Waals surface area contributed by atoms with Crippen molar-refractivity contribution in [2.24, 2.45) is 0 Å². The maximum atomic E-state index is 13.2. The molecule has 2 N–H and O–H groups in total. The smallest absolute Gasteiger partial charge is 0.294 e. The van der Waals surface area contributed by atoms with E-state index in [9.17, 15) is 19.8 Å². The minimum absolute atomic E-state index is 0.0840. The van der Waals surface area contributed by atoms with Crippen LogP contribution < -0.4 is 4.90 Å². The van der Waals surface area contributed by atoms with Gasteiger partial charge < -0.3 is 10.2 Å². The Hall–Kier alpha value is -3.86. The monoisotopic (exact) mass is 413 g/mol. The van der Waals surface area contributed by atoms with Gasteiger partial charge in [-0.3, -0.25) is 14.5 Å². The van der Waals surface area contributed by atoms with Gasteiger partial charge in [-0.15, -0.1) is 0 Å². The van der Waals surface area contributed by atoms with Crippen molar-refractivity contribution in [1.29, 1.82) is 0 Å². The van der Waals surface area contributed by atoms with Crippen LogP contribution >= 0.6 is 0 Å². The molecule has 31 heavy (non-hydrogen) atoms. The summed E-state index contributed by atoms with van der Waals surface area (Å²) in [5, 5.41) is 20.5. The summed E-state index contributed by atoms with van der Waals surface area (Å²) >= 11 is 0. The van der Waals surface area contributed by atoms with Crippen molar-refractivity contribution in [3.63, 3.8) is 0 Å². The van der Waals surface area contributed by atoms with Gasteiger partial charge in [-0.1, -0.05) is 60.7 Å². The number of aliphatic hydroxyl groups excluding tert-OH is 1. The van der Waals surface area contributed by atoms with E-state index in [0.29, 0.717) is 17.7 Å². The van der Waals surface area contributed by atoms with Gasteiger partial charge in [0.25, 0.3) is 5.91 Å². The molecule has 4 rings (SSSR count). The summed E-state index contributed by atoms with van der Waals surface area (Å²) in [7, 11) is 0. The fourth-order valence-electron chi connectivity index (χ4n) is 3.98. The summed E-state index contributed by atoms with van der Waals surface area (Å²) in [4.78, 5) is 27.8. The molecule has 0 aromatic heterocycles. The molecule has 156 valence electrons. The molecule has 3 aromatic rings. The number of amides is 1. The van der Waals surface area contributed by atoms with Crippen molar-refractivity contribution in [2.75, 3.05) is 4.90 Å². The molecule has 1 amide bonds. The average molecular weight is 413 g/mol. The van der Waals surface area contributed by atoms with Gasteiger partial charge >= 0.3 is 0 Å². The van der Waals surface area contributed by atoms with Crippen LogP contribution in [0.4, 0.5) is 5.69 Å². The maximum Gasteiger partial charge on any atom is 0.294 e. The van der Waals surface area contributed by atoms with E-state index in [1.807, 2.05) is 55.5 Å². The highest BCUT2D eigenvalue weighted by Crippen LogP contribution is 2.42. The molecule has 1 unspecified atom stereocenters. The number of phenols is 1. The molecule has 1 atom stereocenters. The standard InChI is InChI=1S/C26H23NO4/c1-17-7-5-6-10-21(17)27-24(19-12-14-20(28)15-13-19)23(25(30)26(27)31)22(29)16-11-18-8-3-2-4-9-18/h2-10,12-15,24,28,30H,11,16H2,1H3. The number of rotatable bonds is 6. The van der Waals surface area contributed by atoms with Gasteiger partial charge in [0.05, 0.1) is 11.6 Å². The number of aromatic hydroxyl groups is 1. The van der Waals surface area contributed by atoms with E-state index in [2.05, 4.69) is 0 Å². The fourth-order valence-corrected chi connectivity index (χ4v) is 3.98. The molecule has 3 aromatic carbocycles. The summed E-state index contributed by atoms with van der Waals surface area (Å²) in [6, 6.07) is 22.6. The van der Waals surface area contributed by atoms with Crippen LogP contribution in [0, 0.1) is 6.92 Å². The SMILES string of the molecule is Cc1ccccc1N1C(=O)C(O)=C(C(=O)CCc2ccccc2)C1c1ccc(O)cc1. The van der Waals surface area contributed by atoms with Crippen LogP contribution in [-0.2, 0) is 16.0 Å². The molecule has 0 spiro atoms. The van der Waals surface area contributed by atoms with Crippen LogP contribution in [0.25, 0.3) is 0 Å². The third-order valence-corrected chi connectivity index (χ3v) is 5.58. The minimum Gasteiger partial charge on any atom is -0.508 e. The van der Waals surface area contributed by atoms with Crippen LogP contribution in [0.15, 0.2) is 90.2 Å². The maximum absolute atomic E-state index is 13.2. The van der Waals surface area contributed by atoms with Crippen LogP contribution in [0.3, 0.4) is 0 Å². The number of carbonyl (C=O) groups excluding carboxylic acids is 2. The van der Waals surface area contributed by atoms with E-state index in [1.54, 1.807) is 18.2 Å². The number of anilines is 1. The molecule has 0 aliphatic carbocycles. The summed E-state index contributed by atoms with van der Waals surface area (Å²) < 4.78 is 0. The number of ketones is 1. The summed E-state index contributed by atoms with van der Waals surface area (Å²) in [5.41, 5.74) is 3.22. The molecule has 0 radical (unpaired) electrons. The number of aryl methyl sites for hydroxylation is 2. The van der Waals surface area contributed by atoms with Gasteiger partial charge in [-0.25, -0.2) is 0 Å². The Kier molecular flexibility index (Phi) is 5.58. The van der Waals surface area contributed by atoms with E-state index in [4.69, 9.17) is 0 Å². The quantitative estimate of drug-likeness (QED) is 0.608. The molecule has 5 heteroatoms. The van der Waals surface area contributed by atoms with Gasteiger partial charge in [0.15, 0.2) is 11.5 Å². The number of nitrogens with zero attached hydrogens (tertiary/aromatic N) is 1. The Morgan fingerprint density at radius 3 is 2.23 bits per heavy atom. The molecule has 0 fully saturated rings. The number of para-hydroxylation sites is 1. The minimum atomic E-state index is -0.766. The first-order valence-electron chi connectivity index (χ1n) is 10.2. The number of carbonyl (C=O) groups is 2. The van der Waals surface area contributed by atoms with Gasteiger partial charge in [0, 0.05) is 12.1 Å². The van der Waals surface area contributed by atoms with E-state index >= 15 is 0 Å². The largest absolute Gasteiger partial charge is 0.508 e. The molecule has 0 saturated heterocycles.